The second-order valence-corrected chi connectivity index (χ2v) is 6.58. The molecule has 1 aromatic carbocycles. The number of amides is 1. The molecule has 2 fully saturated rings. The number of nitrogens with one attached hydrogen (secondary N) is 1. The van der Waals surface area contributed by atoms with Crippen molar-refractivity contribution in [1.82, 2.24) is 5.32 Å². The zero-order valence-electron chi connectivity index (χ0n) is 12.6. The molecule has 1 heterocycles. The summed E-state index contributed by atoms with van der Waals surface area (Å²) < 4.78 is 11.0. The summed E-state index contributed by atoms with van der Waals surface area (Å²) in [7, 11) is 0. The van der Waals surface area contributed by atoms with Gasteiger partial charge in [-0.2, -0.15) is 0 Å². The van der Waals surface area contributed by atoms with Crippen LogP contribution in [-0.4, -0.2) is 31.8 Å². The molecular weight excluding hydrogens is 302 g/mol. The van der Waals surface area contributed by atoms with E-state index in [1.165, 1.54) is 0 Å². The van der Waals surface area contributed by atoms with Crippen LogP contribution in [0.2, 0.25) is 5.02 Å². The predicted octanol–water partition coefficient (Wildman–Crippen LogP) is 3.03. The van der Waals surface area contributed by atoms with Gasteiger partial charge in [0.05, 0.1) is 18.2 Å². The van der Waals surface area contributed by atoms with Gasteiger partial charge in [-0.25, -0.2) is 0 Å². The van der Waals surface area contributed by atoms with E-state index < -0.39 is 0 Å². The lowest BCUT2D eigenvalue weighted by Crippen LogP contribution is -2.51. The van der Waals surface area contributed by atoms with E-state index in [-0.39, 0.29) is 24.2 Å². The van der Waals surface area contributed by atoms with Crippen LogP contribution in [0.5, 0.6) is 0 Å². The summed E-state index contributed by atoms with van der Waals surface area (Å²) in [6.45, 7) is 1.40. The Kier molecular flexibility index (Phi) is 5.01. The van der Waals surface area contributed by atoms with Gasteiger partial charge in [-0.1, -0.05) is 23.7 Å². The normalized spacial score (nSPS) is 23.0. The summed E-state index contributed by atoms with van der Waals surface area (Å²) in [6, 6.07) is 7.73. The highest BCUT2D eigenvalue weighted by molar-refractivity contribution is 6.30. The summed E-state index contributed by atoms with van der Waals surface area (Å²) in [4.78, 5) is 12.2. The molecule has 0 aromatic heterocycles. The summed E-state index contributed by atoms with van der Waals surface area (Å²) in [6.07, 6.45) is 5.32. The Morgan fingerprint density at radius 3 is 2.68 bits per heavy atom. The van der Waals surface area contributed by atoms with Crippen LogP contribution in [-0.2, 0) is 19.8 Å². The predicted molar refractivity (Wildman–Crippen MR) is 84.9 cm³/mol. The highest BCUT2D eigenvalue weighted by Gasteiger charge is 2.39. The first-order valence-electron chi connectivity index (χ1n) is 7.94. The summed E-state index contributed by atoms with van der Waals surface area (Å²) >= 11 is 5.94. The van der Waals surface area contributed by atoms with Gasteiger partial charge < -0.3 is 14.8 Å². The van der Waals surface area contributed by atoms with Crippen molar-refractivity contribution in [3.05, 3.63) is 34.9 Å². The zero-order valence-corrected chi connectivity index (χ0v) is 13.4. The van der Waals surface area contributed by atoms with Gasteiger partial charge in [-0.15, -0.1) is 0 Å². The standard InChI is InChI=1S/C17H22ClNO3/c18-14-6-4-13(5-7-14)17(8-2-9-17)19-16(20)12-21-11-15-3-1-10-22-15/h4-7,15H,1-3,8-12H2,(H,19,20). The monoisotopic (exact) mass is 323 g/mol. The third-order valence-electron chi connectivity index (χ3n) is 4.54. The zero-order chi connectivity index (χ0) is 15.4. The first kappa shape index (κ1) is 15.8. The molecule has 1 amide bonds. The third-order valence-corrected chi connectivity index (χ3v) is 4.80. The molecular formula is C17H22ClNO3. The van der Waals surface area contributed by atoms with Crippen LogP contribution in [0.15, 0.2) is 24.3 Å². The molecule has 1 aromatic rings. The highest BCUT2D eigenvalue weighted by Crippen LogP contribution is 2.41. The highest BCUT2D eigenvalue weighted by atomic mass is 35.5. The maximum atomic E-state index is 12.2. The maximum Gasteiger partial charge on any atom is 0.246 e. The fourth-order valence-electron chi connectivity index (χ4n) is 3.15. The molecule has 120 valence electrons. The largest absolute Gasteiger partial charge is 0.376 e. The first-order chi connectivity index (χ1) is 10.7. The summed E-state index contributed by atoms with van der Waals surface area (Å²) in [5.74, 6) is -0.0624. The molecule has 1 unspecified atom stereocenters. The average Bonchev–Trinajstić information content (AvgIpc) is 2.97. The Balaban J connectivity index is 1.51. The summed E-state index contributed by atoms with van der Waals surface area (Å²) in [5, 5.41) is 3.86. The van der Waals surface area contributed by atoms with Crippen molar-refractivity contribution >= 4 is 17.5 Å². The molecule has 1 saturated heterocycles. The number of benzene rings is 1. The SMILES string of the molecule is O=C(COCC1CCCO1)NC1(c2ccc(Cl)cc2)CCC1. The summed E-state index contributed by atoms with van der Waals surface area (Å²) in [5.41, 5.74) is 0.880. The van der Waals surface area contributed by atoms with E-state index in [0.717, 1.165) is 44.3 Å². The van der Waals surface area contributed by atoms with Gasteiger partial charge in [0.25, 0.3) is 0 Å². The van der Waals surface area contributed by atoms with Crippen molar-refractivity contribution in [2.75, 3.05) is 19.8 Å². The lowest BCUT2D eigenvalue weighted by molar-refractivity contribution is -0.130. The first-order valence-corrected chi connectivity index (χ1v) is 8.32. The smallest absolute Gasteiger partial charge is 0.246 e. The second kappa shape index (κ2) is 6.99. The molecule has 1 atom stereocenters. The van der Waals surface area contributed by atoms with Crippen LogP contribution in [0.3, 0.4) is 0 Å². The Bertz CT molecular complexity index is 507. The van der Waals surface area contributed by atoms with E-state index in [1.807, 2.05) is 24.3 Å². The van der Waals surface area contributed by atoms with Crippen molar-refractivity contribution in [2.45, 2.75) is 43.7 Å². The third kappa shape index (κ3) is 3.62. The van der Waals surface area contributed by atoms with Crippen LogP contribution in [0.25, 0.3) is 0 Å². The number of rotatable bonds is 6. The van der Waals surface area contributed by atoms with Crippen molar-refractivity contribution in [3.8, 4) is 0 Å². The maximum absolute atomic E-state index is 12.2. The Labute approximate surface area is 136 Å². The molecule has 0 bridgehead atoms. The molecule has 1 aliphatic carbocycles. The van der Waals surface area contributed by atoms with E-state index in [9.17, 15) is 4.79 Å². The molecule has 1 N–H and O–H groups in total. The molecule has 4 nitrogen and oxygen atoms in total. The van der Waals surface area contributed by atoms with Gasteiger partial charge in [-0.3, -0.25) is 4.79 Å². The van der Waals surface area contributed by atoms with E-state index in [4.69, 9.17) is 21.1 Å². The van der Waals surface area contributed by atoms with Crippen LogP contribution in [0, 0.1) is 0 Å². The van der Waals surface area contributed by atoms with Gasteiger partial charge in [0, 0.05) is 11.6 Å². The van der Waals surface area contributed by atoms with Gasteiger partial charge in [0.1, 0.15) is 6.61 Å². The van der Waals surface area contributed by atoms with Crippen LogP contribution >= 0.6 is 11.6 Å². The molecule has 2 aliphatic rings. The molecule has 3 rings (SSSR count). The minimum Gasteiger partial charge on any atom is -0.376 e. The Morgan fingerprint density at radius 1 is 1.32 bits per heavy atom. The van der Waals surface area contributed by atoms with Gasteiger partial charge in [0.15, 0.2) is 0 Å². The molecule has 5 heteroatoms. The Morgan fingerprint density at radius 2 is 2.09 bits per heavy atom. The number of carbonyl (C=O) groups is 1. The minimum absolute atomic E-state index is 0.0624. The quantitative estimate of drug-likeness (QED) is 0.875. The number of ether oxygens (including phenoxy) is 2. The van der Waals surface area contributed by atoms with Crippen molar-refractivity contribution in [3.63, 3.8) is 0 Å². The topological polar surface area (TPSA) is 47.6 Å². The van der Waals surface area contributed by atoms with Crippen LogP contribution in [0.4, 0.5) is 0 Å². The van der Waals surface area contributed by atoms with Gasteiger partial charge in [0.2, 0.25) is 5.91 Å². The fraction of sp³-hybridized carbons (Fsp3) is 0.588. The van der Waals surface area contributed by atoms with E-state index in [1.54, 1.807) is 0 Å². The lowest BCUT2D eigenvalue weighted by atomic mass is 9.72. The molecule has 0 radical (unpaired) electrons. The fourth-order valence-corrected chi connectivity index (χ4v) is 3.27. The lowest BCUT2D eigenvalue weighted by Gasteiger charge is -2.43. The second-order valence-electron chi connectivity index (χ2n) is 6.14. The van der Waals surface area contributed by atoms with Crippen molar-refractivity contribution in [1.29, 1.82) is 0 Å². The van der Waals surface area contributed by atoms with E-state index in [0.29, 0.717) is 11.6 Å². The molecule has 0 spiro atoms. The Hall–Kier alpha value is -1.10. The van der Waals surface area contributed by atoms with Crippen LogP contribution < -0.4 is 5.32 Å². The number of hydrogen-bond acceptors (Lipinski definition) is 3. The minimum atomic E-state index is -0.241. The van der Waals surface area contributed by atoms with E-state index >= 15 is 0 Å². The number of hydrogen-bond donors (Lipinski definition) is 1. The molecule has 1 aliphatic heterocycles. The number of carbonyl (C=O) groups excluding carboxylic acids is 1. The molecule has 22 heavy (non-hydrogen) atoms. The van der Waals surface area contributed by atoms with Gasteiger partial charge in [-0.05, 0) is 49.8 Å². The van der Waals surface area contributed by atoms with Crippen LogP contribution in [0.1, 0.15) is 37.7 Å². The average molecular weight is 324 g/mol. The van der Waals surface area contributed by atoms with Crippen molar-refractivity contribution < 1.29 is 14.3 Å². The molecule has 1 saturated carbocycles. The van der Waals surface area contributed by atoms with Gasteiger partial charge >= 0.3 is 0 Å². The van der Waals surface area contributed by atoms with Crippen molar-refractivity contribution in [2.24, 2.45) is 0 Å². The van der Waals surface area contributed by atoms with E-state index in [2.05, 4.69) is 5.32 Å². The number of halogens is 1.